The number of primary amides is 1. The zero-order valence-corrected chi connectivity index (χ0v) is 9.14. The Hall–Kier alpha value is -1.10. The van der Waals surface area contributed by atoms with Gasteiger partial charge in [-0.3, -0.25) is 9.59 Å². The summed E-state index contributed by atoms with van der Waals surface area (Å²) in [5.41, 5.74) is 4.71. The number of hydrogen-bond donors (Lipinski definition) is 3. The third-order valence-corrected chi connectivity index (χ3v) is 3.06. The largest absolute Gasteiger partial charge is 0.370 e. The first-order valence-electron chi connectivity index (χ1n) is 5.38. The molecule has 0 aromatic rings. The van der Waals surface area contributed by atoms with Crippen molar-refractivity contribution in [2.75, 3.05) is 19.6 Å². The maximum Gasteiger partial charge on any atom is 0.227 e. The lowest BCUT2D eigenvalue weighted by atomic mass is 9.83. The third kappa shape index (κ3) is 2.92. The molecular formula is C10H19N3O2. The summed E-state index contributed by atoms with van der Waals surface area (Å²) in [5, 5.41) is 5.96. The van der Waals surface area contributed by atoms with E-state index in [1.807, 2.05) is 6.92 Å². The SMILES string of the molecule is CCC1(C(=O)NCCC(N)=O)CCNC1. The summed E-state index contributed by atoms with van der Waals surface area (Å²) in [5.74, 6) is -0.346. The van der Waals surface area contributed by atoms with Crippen LogP contribution in [0.5, 0.6) is 0 Å². The van der Waals surface area contributed by atoms with E-state index in [-0.39, 0.29) is 23.7 Å². The van der Waals surface area contributed by atoms with Crippen LogP contribution in [0.1, 0.15) is 26.2 Å². The standard InChI is InChI=1S/C10H19N3O2/c1-2-10(4-6-12-7-10)9(15)13-5-3-8(11)14/h12H,2-7H2,1H3,(H2,11,14)(H,13,15). The van der Waals surface area contributed by atoms with Gasteiger partial charge in [0.25, 0.3) is 0 Å². The van der Waals surface area contributed by atoms with Crippen LogP contribution in [0.2, 0.25) is 0 Å². The Morgan fingerprint density at radius 3 is 2.73 bits per heavy atom. The fourth-order valence-electron chi connectivity index (χ4n) is 1.89. The fourth-order valence-corrected chi connectivity index (χ4v) is 1.89. The molecule has 1 unspecified atom stereocenters. The van der Waals surface area contributed by atoms with E-state index in [4.69, 9.17) is 5.73 Å². The highest BCUT2D eigenvalue weighted by atomic mass is 16.2. The molecule has 1 aliphatic rings. The minimum Gasteiger partial charge on any atom is -0.370 e. The molecule has 1 saturated heterocycles. The number of nitrogens with two attached hydrogens (primary N) is 1. The number of hydrogen-bond acceptors (Lipinski definition) is 3. The van der Waals surface area contributed by atoms with Gasteiger partial charge in [0.2, 0.25) is 11.8 Å². The van der Waals surface area contributed by atoms with Gasteiger partial charge in [0.1, 0.15) is 0 Å². The summed E-state index contributed by atoms with van der Waals surface area (Å²) in [6.07, 6.45) is 1.90. The van der Waals surface area contributed by atoms with Gasteiger partial charge in [0.05, 0.1) is 5.41 Å². The van der Waals surface area contributed by atoms with Crippen molar-refractivity contribution >= 4 is 11.8 Å². The van der Waals surface area contributed by atoms with Gasteiger partial charge in [0.15, 0.2) is 0 Å². The fraction of sp³-hybridized carbons (Fsp3) is 0.800. The summed E-state index contributed by atoms with van der Waals surface area (Å²) in [6.45, 7) is 3.97. The van der Waals surface area contributed by atoms with Crippen LogP contribution in [0.3, 0.4) is 0 Å². The van der Waals surface area contributed by atoms with Crippen LogP contribution in [0.4, 0.5) is 0 Å². The molecule has 1 aliphatic heterocycles. The van der Waals surface area contributed by atoms with E-state index in [2.05, 4.69) is 10.6 Å². The Labute approximate surface area is 89.8 Å². The third-order valence-electron chi connectivity index (χ3n) is 3.06. The predicted octanol–water partition coefficient (Wildman–Crippen LogP) is -0.632. The van der Waals surface area contributed by atoms with Gasteiger partial charge in [-0.2, -0.15) is 0 Å². The normalized spacial score (nSPS) is 25.1. The topological polar surface area (TPSA) is 84.2 Å². The molecule has 5 heteroatoms. The zero-order valence-electron chi connectivity index (χ0n) is 9.14. The monoisotopic (exact) mass is 213 g/mol. The highest BCUT2D eigenvalue weighted by molar-refractivity contribution is 5.83. The van der Waals surface area contributed by atoms with E-state index < -0.39 is 0 Å². The van der Waals surface area contributed by atoms with Crippen molar-refractivity contribution in [3.63, 3.8) is 0 Å². The van der Waals surface area contributed by atoms with Crippen LogP contribution in [0.25, 0.3) is 0 Å². The first-order chi connectivity index (χ1) is 7.10. The number of carbonyl (C=O) groups excluding carboxylic acids is 2. The quantitative estimate of drug-likeness (QED) is 0.568. The molecule has 1 fully saturated rings. The lowest BCUT2D eigenvalue weighted by molar-refractivity contribution is -0.130. The summed E-state index contributed by atoms with van der Waals surface area (Å²) in [4.78, 5) is 22.4. The van der Waals surface area contributed by atoms with Crippen molar-refractivity contribution in [1.82, 2.24) is 10.6 Å². The summed E-state index contributed by atoms with van der Waals surface area (Å²) < 4.78 is 0. The van der Waals surface area contributed by atoms with Crippen LogP contribution >= 0.6 is 0 Å². The maximum atomic E-state index is 11.9. The van der Waals surface area contributed by atoms with Crippen LogP contribution in [-0.4, -0.2) is 31.4 Å². The van der Waals surface area contributed by atoms with E-state index >= 15 is 0 Å². The zero-order chi connectivity index (χ0) is 11.3. The molecule has 1 rings (SSSR count). The summed E-state index contributed by atoms with van der Waals surface area (Å²) >= 11 is 0. The maximum absolute atomic E-state index is 11.9. The Morgan fingerprint density at radius 1 is 1.53 bits per heavy atom. The number of rotatable bonds is 5. The molecule has 1 heterocycles. The van der Waals surface area contributed by atoms with E-state index in [9.17, 15) is 9.59 Å². The highest BCUT2D eigenvalue weighted by Crippen LogP contribution is 2.29. The Balaban J connectivity index is 2.40. The molecule has 4 N–H and O–H groups in total. The molecule has 0 aliphatic carbocycles. The minimum atomic E-state index is -0.384. The molecule has 0 saturated carbocycles. The second-order valence-electron chi connectivity index (χ2n) is 4.03. The average molecular weight is 213 g/mol. The Bertz CT molecular complexity index is 247. The molecule has 86 valence electrons. The van der Waals surface area contributed by atoms with Gasteiger partial charge in [0, 0.05) is 19.5 Å². The van der Waals surface area contributed by atoms with Crippen molar-refractivity contribution < 1.29 is 9.59 Å². The smallest absolute Gasteiger partial charge is 0.227 e. The van der Waals surface area contributed by atoms with Crippen LogP contribution < -0.4 is 16.4 Å². The average Bonchev–Trinajstić information content (AvgIpc) is 2.66. The van der Waals surface area contributed by atoms with E-state index in [1.54, 1.807) is 0 Å². The van der Waals surface area contributed by atoms with Crippen molar-refractivity contribution in [3.8, 4) is 0 Å². The molecule has 15 heavy (non-hydrogen) atoms. The molecule has 0 aromatic carbocycles. The van der Waals surface area contributed by atoms with Crippen molar-refractivity contribution in [2.24, 2.45) is 11.1 Å². The van der Waals surface area contributed by atoms with Gasteiger partial charge < -0.3 is 16.4 Å². The van der Waals surface area contributed by atoms with Gasteiger partial charge in [-0.05, 0) is 19.4 Å². The number of nitrogens with one attached hydrogen (secondary N) is 2. The number of amides is 2. The molecular weight excluding hydrogens is 194 g/mol. The second-order valence-corrected chi connectivity index (χ2v) is 4.03. The van der Waals surface area contributed by atoms with Crippen LogP contribution in [-0.2, 0) is 9.59 Å². The molecule has 5 nitrogen and oxygen atoms in total. The lowest BCUT2D eigenvalue weighted by Crippen LogP contribution is -2.43. The van der Waals surface area contributed by atoms with E-state index in [0.29, 0.717) is 6.54 Å². The molecule has 0 bridgehead atoms. The predicted molar refractivity (Wildman–Crippen MR) is 57.0 cm³/mol. The van der Waals surface area contributed by atoms with Gasteiger partial charge >= 0.3 is 0 Å². The Morgan fingerprint density at radius 2 is 2.27 bits per heavy atom. The lowest BCUT2D eigenvalue weighted by Gasteiger charge is -2.24. The summed E-state index contributed by atoms with van der Waals surface area (Å²) in [6, 6.07) is 0. The molecule has 2 amide bonds. The van der Waals surface area contributed by atoms with Gasteiger partial charge in [-0.15, -0.1) is 0 Å². The first kappa shape index (κ1) is 12.0. The molecule has 0 radical (unpaired) electrons. The van der Waals surface area contributed by atoms with Crippen LogP contribution in [0.15, 0.2) is 0 Å². The second kappa shape index (κ2) is 5.11. The van der Waals surface area contributed by atoms with Crippen molar-refractivity contribution in [1.29, 1.82) is 0 Å². The number of carbonyl (C=O) groups is 2. The minimum absolute atomic E-state index is 0.0382. The van der Waals surface area contributed by atoms with E-state index in [0.717, 1.165) is 25.9 Å². The van der Waals surface area contributed by atoms with Gasteiger partial charge in [-0.1, -0.05) is 6.92 Å². The van der Waals surface area contributed by atoms with Crippen LogP contribution in [0, 0.1) is 5.41 Å². The van der Waals surface area contributed by atoms with Gasteiger partial charge in [-0.25, -0.2) is 0 Å². The van der Waals surface area contributed by atoms with Crippen molar-refractivity contribution in [2.45, 2.75) is 26.2 Å². The first-order valence-corrected chi connectivity index (χ1v) is 5.38. The highest BCUT2D eigenvalue weighted by Gasteiger charge is 2.38. The Kier molecular flexibility index (Phi) is 4.08. The molecule has 1 atom stereocenters. The molecule has 0 aromatic heterocycles. The van der Waals surface area contributed by atoms with E-state index in [1.165, 1.54) is 0 Å². The van der Waals surface area contributed by atoms with Crippen molar-refractivity contribution in [3.05, 3.63) is 0 Å². The molecule has 0 spiro atoms. The summed E-state index contributed by atoms with van der Waals surface area (Å²) in [7, 11) is 0.